The molecule has 0 unspecified atom stereocenters. The second kappa shape index (κ2) is 8.58. The summed E-state index contributed by atoms with van der Waals surface area (Å²) in [6.07, 6.45) is 1.71. The van der Waals surface area contributed by atoms with E-state index in [1.165, 1.54) is 11.6 Å². The molecule has 32 heavy (non-hydrogen) atoms. The van der Waals surface area contributed by atoms with Crippen LogP contribution in [-0.2, 0) is 20.1 Å². The molecule has 8 nitrogen and oxygen atoms in total. The Morgan fingerprint density at radius 2 is 1.62 bits per heavy atom. The first kappa shape index (κ1) is 21.2. The lowest BCUT2D eigenvalue weighted by molar-refractivity contribution is 0.212. The number of benzene rings is 2. The summed E-state index contributed by atoms with van der Waals surface area (Å²) in [6.45, 7) is 3.08. The average Bonchev–Trinajstić information content (AvgIpc) is 3.22. The van der Waals surface area contributed by atoms with Crippen LogP contribution in [0.5, 0.6) is 0 Å². The Hall–Kier alpha value is -4.07. The number of nitrogens with one attached hydrogen (secondary N) is 3. The van der Waals surface area contributed by atoms with Crippen LogP contribution in [0.25, 0.3) is 11.1 Å². The molecule has 0 radical (unpaired) electrons. The molecule has 0 saturated heterocycles. The number of anilines is 2. The molecule has 164 valence electrons. The fourth-order valence-electron chi connectivity index (χ4n) is 3.89. The van der Waals surface area contributed by atoms with Crippen LogP contribution in [0, 0.1) is 6.92 Å². The quantitative estimate of drug-likeness (QED) is 0.591. The molecular weight excluding hydrogens is 406 g/mol. The van der Waals surface area contributed by atoms with Crippen LogP contribution in [-0.4, -0.2) is 28.6 Å². The summed E-state index contributed by atoms with van der Waals surface area (Å²) in [5.74, 6) is 0. The van der Waals surface area contributed by atoms with Gasteiger partial charge in [0.05, 0.1) is 0 Å². The molecule has 8 heteroatoms. The number of hydrogen-bond donors (Lipinski definition) is 3. The Labute approximate surface area is 185 Å². The first-order valence-corrected chi connectivity index (χ1v) is 10.3. The van der Waals surface area contributed by atoms with Gasteiger partial charge in [0, 0.05) is 44.6 Å². The first-order chi connectivity index (χ1) is 15.4. The van der Waals surface area contributed by atoms with Crippen molar-refractivity contribution in [2.24, 2.45) is 7.05 Å². The van der Waals surface area contributed by atoms with Crippen molar-refractivity contribution in [3.05, 3.63) is 81.8 Å². The lowest BCUT2D eigenvalue weighted by Gasteiger charge is -2.19. The summed E-state index contributed by atoms with van der Waals surface area (Å²) in [4.78, 5) is 38.8. The van der Waals surface area contributed by atoms with Crippen molar-refractivity contribution in [3.63, 3.8) is 0 Å². The predicted molar refractivity (Wildman–Crippen MR) is 125 cm³/mol. The van der Waals surface area contributed by atoms with Crippen molar-refractivity contribution in [2.75, 3.05) is 17.7 Å². The van der Waals surface area contributed by atoms with Gasteiger partial charge >= 0.3 is 12.1 Å². The molecule has 0 saturated carbocycles. The van der Waals surface area contributed by atoms with E-state index in [0.29, 0.717) is 18.8 Å². The van der Waals surface area contributed by atoms with E-state index in [1.54, 1.807) is 24.2 Å². The number of rotatable bonds is 3. The van der Waals surface area contributed by atoms with E-state index in [4.69, 9.17) is 0 Å². The minimum absolute atomic E-state index is 0.163. The maximum Gasteiger partial charge on any atom is 0.322 e. The lowest BCUT2D eigenvalue weighted by atomic mass is 10.00. The number of aryl methyl sites for hydroxylation is 1. The molecule has 0 spiro atoms. The number of amides is 4. The van der Waals surface area contributed by atoms with Crippen LogP contribution < -0.4 is 21.5 Å². The van der Waals surface area contributed by atoms with Gasteiger partial charge in [0.25, 0.3) is 5.56 Å². The van der Waals surface area contributed by atoms with E-state index < -0.39 is 6.03 Å². The Morgan fingerprint density at radius 3 is 2.28 bits per heavy atom. The molecule has 1 aliphatic rings. The number of hydrogen-bond acceptors (Lipinski definition) is 3. The second-order valence-electron chi connectivity index (χ2n) is 7.80. The average molecular weight is 431 g/mol. The zero-order valence-corrected chi connectivity index (χ0v) is 18.2. The first-order valence-electron chi connectivity index (χ1n) is 10.3. The molecule has 1 aromatic heterocycles. The third kappa shape index (κ3) is 4.07. The van der Waals surface area contributed by atoms with Crippen molar-refractivity contribution in [1.82, 2.24) is 14.8 Å². The number of carbonyl (C=O) groups excluding carboxylic acids is 2. The van der Waals surface area contributed by atoms with Crippen LogP contribution in [0.1, 0.15) is 16.7 Å². The molecule has 1 aliphatic heterocycles. The van der Waals surface area contributed by atoms with Gasteiger partial charge in [0.15, 0.2) is 0 Å². The van der Waals surface area contributed by atoms with Gasteiger partial charge in [-0.25, -0.2) is 9.59 Å². The number of fused-ring (bicyclic) bond motifs is 1. The lowest BCUT2D eigenvalue weighted by Crippen LogP contribution is -2.30. The van der Waals surface area contributed by atoms with Crippen molar-refractivity contribution >= 4 is 23.4 Å². The van der Waals surface area contributed by atoms with E-state index in [2.05, 4.69) is 16.0 Å². The van der Waals surface area contributed by atoms with Crippen LogP contribution in [0.15, 0.2) is 59.5 Å². The maximum absolute atomic E-state index is 12.9. The third-order valence-corrected chi connectivity index (χ3v) is 5.67. The Morgan fingerprint density at radius 1 is 0.938 bits per heavy atom. The smallest absolute Gasteiger partial charge is 0.322 e. The highest BCUT2D eigenvalue weighted by atomic mass is 16.2. The minimum atomic E-state index is -0.469. The number of carbonyl (C=O) groups is 2. The molecule has 3 N–H and O–H groups in total. The molecule has 3 aromatic rings. The fourth-order valence-corrected chi connectivity index (χ4v) is 3.89. The summed E-state index contributed by atoms with van der Waals surface area (Å²) in [5, 5.41) is 8.03. The zero-order chi connectivity index (χ0) is 22.8. The van der Waals surface area contributed by atoms with Crippen molar-refractivity contribution in [1.29, 1.82) is 0 Å². The summed E-state index contributed by atoms with van der Waals surface area (Å²) in [7, 11) is 3.12. The maximum atomic E-state index is 12.9. The largest absolute Gasteiger partial charge is 0.341 e. The molecule has 2 aromatic carbocycles. The Balaban J connectivity index is 1.60. The molecule has 2 heterocycles. The zero-order valence-electron chi connectivity index (χ0n) is 18.2. The number of pyridine rings is 1. The molecule has 4 rings (SSSR count). The van der Waals surface area contributed by atoms with Gasteiger partial charge in [-0.05, 0) is 41.3 Å². The topological polar surface area (TPSA) is 95.5 Å². The van der Waals surface area contributed by atoms with Crippen LogP contribution in [0.3, 0.4) is 0 Å². The summed E-state index contributed by atoms with van der Waals surface area (Å²) in [5.41, 5.74) is 5.34. The van der Waals surface area contributed by atoms with Crippen LogP contribution in [0.4, 0.5) is 21.0 Å². The fraction of sp³-hybridized carbons (Fsp3) is 0.208. The van der Waals surface area contributed by atoms with E-state index >= 15 is 0 Å². The van der Waals surface area contributed by atoms with Crippen molar-refractivity contribution in [3.8, 4) is 11.1 Å². The predicted octanol–water partition coefficient (Wildman–Crippen LogP) is 3.66. The Kier molecular flexibility index (Phi) is 5.68. The Bertz CT molecular complexity index is 1240. The number of aromatic nitrogens is 1. The molecule has 0 aliphatic carbocycles. The van der Waals surface area contributed by atoms with Gasteiger partial charge in [-0.2, -0.15) is 0 Å². The van der Waals surface area contributed by atoms with Gasteiger partial charge in [-0.3, -0.25) is 4.79 Å². The normalized spacial score (nSPS) is 12.3. The molecule has 4 amide bonds. The van der Waals surface area contributed by atoms with Crippen LogP contribution in [0.2, 0.25) is 0 Å². The van der Waals surface area contributed by atoms with Crippen molar-refractivity contribution < 1.29 is 9.59 Å². The molecule has 0 bridgehead atoms. The molecule has 0 atom stereocenters. The van der Waals surface area contributed by atoms with E-state index in [-0.39, 0.29) is 17.3 Å². The van der Waals surface area contributed by atoms with E-state index in [0.717, 1.165) is 27.8 Å². The third-order valence-electron chi connectivity index (χ3n) is 5.67. The molecular formula is C24H25N5O3. The summed E-state index contributed by atoms with van der Waals surface area (Å²) < 4.78 is 1.42. The molecule has 0 fully saturated rings. The van der Waals surface area contributed by atoms with Crippen molar-refractivity contribution in [2.45, 2.75) is 20.0 Å². The minimum Gasteiger partial charge on any atom is -0.341 e. The summed E-state index contributed by atoms with van der Waals surface area (Å²) >= 11 is 0. The number of nitrogens with zero attached hydrogens (tertiary/aromatic N) is 2. The van der Waals surface area contributed by atoms with Gasteiger partial charge in [-0.1, -0.05) is 36.4 Å². The highest BCUT2D eigenvalue weighted by Crippen LogP contribution is 2.30. The van der Waals surface area contributed by atoms with E-state index in [1.807, 2.05) is 49.4 Å². The number of urea groups is 2. The van der Waals surface area contributed by atoms with E-state index in [9.17, 15) is 14.4 Å². The highest BCUT2D eigenvalue weighted by Gasteiger charge is 2.23. The van der Waals surface area contributed by atoms with Gasteiger partial charge in [-0.15, -0.1) is 0 Å². The monoisotopic (exact) mass is 431 g/mol. The van der Waals surface area contributed by atoms with Gasteiger partial charge < -0.3 is 25.4 Å². The standard InChI is InChI=1S/C24H25N5O3/c1-15-19(18-11-21(26-23(31)25-2)22(30)28(3)12-18)9-6-10-20(15)27-24(32)29-13-16-7-4-5-8-17(16)14-29/h4-12H,13-14H2,1-3H3,(H,27,32)(H2,25,26,31). The SMILES string of the molecule is CNC(=O)Nc1cc(-c2cccc(NC(=O)N3Cc4ccccc4C3)c2C)cn(C)c1=O. The second-order valence-corrected chi connectivity index (χ2v) is 7.80. The highest BCUT2D eigenvalue weighted by molar-refractivity contribution is 5.93. The van der Waals surface area contributed by atoms with Crippen LogP contribution >= 0.6 is 0 Å². The van der Waals surface area contributed by atoms with Gasteiger partial charge in [0.2, 0.25) is 0 Å². The summed E-state index contributed by atoms with van der Waals surface area (Å²) in [6, 6.07) is 14.7. The van der Waals surface area contributed by atoms with Gasteiger partial charge in [0.1, 0.15) is 5.69 Å².